The second kappa shape index (κ2) is 6.70. The molecule has 0 aliphatic carbocycles. The number of nitrogens with two attached hydrogens (primary N) is 1. The normalized spacial score (nSPS) is 25.1. The van der Waals surface area contributed by atoms with Crippen molar-refractivity contribution < 1.29 is 0 Å². The molecule has 20 heavy (non-hydrogen) atoms. The Morgan fingerprint density at radius 1 is 1.40 bits per heavy atom. The summed E-state index contributed by atoms with van der Waals surface area (Å²) in [5, 5.41) is 0. The number of likely N-dealkylation sites (tertiary alicyclic amines) is 1. The van der Waals surface area contributed by atoms with E-state index in [0.717, 1.165) is 38.4 Å². The van der Waals surface area contributed by atoms with Crippen LogP contribution in [0, 0.1) is 0 Å². The van der Waals surface area contributed by atoms with Crippen LogP contribution in [-0.2, 0) is 13.6 Å². The third-order valence-electron chi connectivity index (χ3n) is 4.95. The minimum Gasteiger partial charge on any atom is -0.337 e. The second-order valence-electron chi connectivity index (χ2n) is 6.03. The molecule has 2 N–H and O–H groups in total. The fourth-order valence-electron chi connectivity index (χ4n) is 3.22. The van der Waals surface area contributed by atoms with Crippen LogP contribution in [0.3, 0.4) is 0 Å². The van der Waals surface area contributed by atoms with E-state index in [-0.39, 0.29) is 5.54 Å². The first kappa shape index (κ1) is 15.5. The van der Waals surface area contributed by atoms with Crippen molar-refractivity contribution in [2.75, 3.05) is 33.2 Å². The van der Waals surface area contributed by atoms with E-state index in [9.17, 15) is 0 Å². The molecule has 5 nitrogen and oxygen atoms in total. The third-order valence-corrected chi connectivity index (χ3v) is 4.95. The van der Waals surface area contributed by atoms with Gasteiger partial charge in [-0.3, -0.25) is 4.90 Å². The highest BCUT2D eigenvalue weighted by Crippen LogP contribution is 2.28. The number of aryl methyl sites for hydroxylation is 1. The Bertz CT molecular complexity index is 416. The maximum Gasteiger partial charge on any atom is 0.122 e. The lowest BCUT2D eigenvalue weighted by molar-refractivity contribution is 0.0958. The van der Waals surface area contributed by atoms with Crippen molar-refractivity contribution in [3.05, 3.63) is 18.2 Å². The Labute approximate surface area is 122 Å². The molecule has 1 unspecified atom stereocenters. The molecule has 0 radical (unpaired) electrons. The van der Waals surface area contributed by atoms with E-state index in [0.29, 0.717) is 0 Å². The van der Waals surface area contributed by atoms with Gasteiger partial charge < -0.3 is 15.2 Å². The Morgan fingerprint density at radius 2 is 2.20 bits per heavy atom. The number of aromatic nitrogens is 2. The molecule has 2 rings (SSSR count). The molecular weight excluding hydrogens is 250 g/mol. The molecule has 1 atom stereocenters. The largest absolute Gasteiger partial charge is 0.337 e. The molecule has 0 bridgehead atoms. The number of imidazole rings is 1. The number of nitrogens with zero attached hydrogens (tertiary/aromatic N) is 4. The van der Waals surface area contributed by atoms with Gasteiger partial charge in [-0.1, -0.05) is 6.92 Å². The van der Waals surface area contributed by atoms with Gasteiger partial charge in [0.1, 0.15) is 5.82 Å². The summed E-state index contributed by atoms with van der Waals surface area (Å²) in [5.41, 5.74) is 6.30. The molecule has 1 saturated heterocycles. The molecule has 2 heterocycles. The van der Waals surface area contributed by atoms with E-state index in [2.05, 4.69) is 40.4 Å². The Hall–Kier alpha value is -0.910. The summed E-state index contributed by atoms with van der Waals surface area (Å²) in [6, 6.07) is 0. The van der Waals surface area contributed by atoms with Crippen LogP contribution in [0.2, 0.25) is 0 Å². The second-order valence-corrected chi connectivity index (χ2v) is 6.03. The van der Waals surface area contributed by atoms with Gasteiger partial charge in [0, 0.05) is 31.5 Å². The Morgan fingerprint density at radius 3 is 2.80 bits per heavy atom. The van der Waals surface area contributed by atoms with Gasteiger partial charge in [-0.25, -0.2) is 4.98 Å². The van der Waals surface area contributed by atoms with Gasteiger partial charge >= 0.3 is 0 Å². The van der Waals surface area contributed by atoms with Crippen LogP contribution >= 0.6 is 0 Å². The maximum absolute atomic E-state index is 6.18. The highest BCUT2D eigenvalue weighted by molar-refractivity contribution is 4.98. The summed E-state index contributed by atoms with van der Waals surface area (Å²) in [5.74, 6) is 1.11. The molecule has 1 aromatic heterocycles. The Kier molecular flexibility index (Phi) is 5.18. The lowest BCUT2D eigenvalue weighted by atomic mass is 9.89. The molecule has 5 heteroatoms. The summed E-state index contributed by atoms with van der Waals surface area (Å²) in [4.78, 5) is 9.40. The first-order chi connectivity index (χ1) is 9.61. The van der Waals surface area contributed by atoms with Crippen LogP contribution in [0.5, 0.6) is 0 Å². The van der Waals surface area contributed by atoms with Crippen molar-refractivity contribution in [2.24, 2.45) is 12.8 Å². The first-order valence-electron chi connectivity index (χ1n) is 7.71. The van der Waals surface area contributed by atoms with Gasteiger partial charge in [-0.05, 0) is 45.9 Å². The molecule has 1 aliphatic heterocycles. The lowest BCUT2D eigenvalue weighted by Gasteiger charge is -2.40. The molecule has 0 aromatic carbocycles. The van der Waals surface area contributed by atoms with Crippen LogP contribution in [0.1, 0.15) is 32.0 Å². The highest BCUT2D eigenvalue weighted by Gasteiger charge is 2.35. The summed E-state index contributed by atoms with van der Waals surface area (Å²) in [6.07, 6.45) is 7.43. The van der Waals surface area contributed by atoms with Crippen LogP contribution < -0.4 is 5.73 Å². The average molecular weight is 279 g/mol. The average Bonchev–Trinajstić information content (AvgIpc) is 2.75. The fourth-order valence-corrected chi connectivity index (χ4v) is 3.22. The van der Waals surface area contributed by atoms with Gasteiger partial charge in [0.15, 0.2) is 0 Å². The number of likely N-dealkylation sites (N-methyl/N-ethyl adjacent to an activating group) is 1. The zero-order valence-corrected chi connectivity index (χ0v) is 13.2. The minimum atomic E-state index is 0.121. The number of rotatable bonds is 5. The molecular formula is C15H29N5. The number of hydrogen-bond acceptors (Lipinski definition) is 4. The van der Waals surface area contributed by atoms with Crippen molar-refractivity contribution in [1.82, 2.24) is 19.4 Å². The van der Waals surface area contributed by atoms with Crippen molar-refractivity contribution in [3.63, 3.8) is 0 Å². The molecule has 1 aliphatic rings. The molecule has 0 amide bonds. The van der Waals surface area contributed by atoms with E-state index in [4.69, 9.17) is 5.73 Å². The van der Waals surface area contributed by atoms with E-state index in [1.165, 1.54) is 19.4 Å². The van der Waals surface area contributed by atoms with Gasteiger partial charge in [0.2, 0.25) is 0 Å². The van der Waals surface area contributed by atoms with Gasteiger partial charge in [0.25, 0.3) is 0 Å². The molecule has 0 spiro atoms. The minimum absolute atomic E-state index is 0.121. The maximum atomic E-state index is 6.18. The predicted molar refractivity (Wildman–Crippen MR) is 82.4 cm³/mol. The van der Waals surface area contributed by atoms with Gasteiger partial charge in [-0.2, -0.15) is 0 Å². The summed E-state index contributed by atoms with van der Waals surface area (Å²) >= 11 is 0. The van der Waals surface area contributed by atoms with Crippen LogP contribution in [0.25, 0.3) is 0 Å². The van der Waals surface area contributed by atoms with Gasteiger partial charge in [-0.15, -0.1) is 0 Å². The zero-order chi connectivity index (χ0) is 14.6. The van der Waals surface area contributed by atoms with Crippen LogP contribution in [0.4, 0.5) is 0 Å². The number of hydrogen-bond donors (Lipinski definition) is 1. The van der Waals surface area contributed by atoms with E-state index >= 15 is 0 Å². The topological polar surface area (TPSA) is 50.3 Å². The van der Waals surface area contributed by atoms with E-state index in [1.54, 1.807) is 0 Å². The SMILES string of the molecule is CCN1CCCC(CN)(N(C)Cc2nccn2C)CC1. The summed E-state index contributed by atoms with van der Waals surface area (Å²) in [7, 11) is 4.25. The van der Waals surface area contributed by atoms with Gasteiger partial charge in [0.05, 0.1) is 6.54 Å². The standard InChI is InChI=1S/C15H29N5/c1-4-20-9-5-6-15(13-16,7-10-20)19(3)12-14-17-8-11-18(14)2/h8,11H,4-7,9-10,12-13,16H2,1-3H3. The van der Waals surface area contributed by atoms with Crippen LogP contribution in [0.15, 0.2) is 12.4 Å². The zero-order valence-electron chi connectivity index (χ0n) is 13.2. The summed E-state index contributed by atoms with van der Waals surface area (Å²) < 4.78 is 2.09. The first-order valence-corrected chi connectivity index (χ1v) is 7.71. The third kappa shape index (κ3) is 3.22. The summed E-state index contributed by atoms with van der Waals surface area (Å²) in [6.45, 7) is 7.34. The van der Waals surface area contributed by atoms with E-state index < -0.39 is 0 Å². The van der Waals surface area contributed by atoms with Crippen LogP contribution in [-0.4, -0.2) is 58.1 Å². The smallest absolute Gasteiger partial charge is 0.122 e. The predicted octanol–water partition coefficient (Wildman–Crippen LogP) is 1.06. The molecule has 114 valence electrons. The Balaban J connectivity index is 2.07. The molecule has 1 fully saturated rings. The van der Waals surface area contributed by atoms with Crippen molar-refractivity contribution in [2.45, 2.75) is 38.3 Å². The fraction of sp³-hybridized carbons (Fsp3) is 0.800. The van der Waals surface area contributed by atoms with E-state index in [1.807, 2.05) is 12.4 Å². The van der Waals surface area contributed by atoms with Crippen molar-refractivity contribution >= 4 is 0 Å². The molecule has 1 aromatic rings. The monoisotopic (exact) mass is 279 g/mol. The molecule has 0 saturated carbocycles. The van der Waals surface area contributed by atoms with Crippen molar-refractivity contribution in [1.29, 1.82) is 0 Å². The van der Waals surface area contributed by atoms with Crippen molar-refractivity contribution in [3.8, 4) is 0 Å². The highest BCUT2D eigenvalue weighted by atomic mass is 15.2. The lowest BCUT2D eigenvalue weighted by Crippen LogP contribution is -2.52. The quantitative estimate of drug-likeness (QED) is 0.875.